The van der Waals surface area contributed by atoms with Crippen molar-refractivity contribution in [2.24, 2.45) is 5.92 Å². The Kier molecular flexibility index (Phi) is 4.56. The van der Waals surface area contributed by atoms with Gasteiger partial charge in [0.25, 0.3) is 17.5 Å². The largest absolute Gasteiger partial charge is 0.336 e. The number of nitrogens with zero attached hydrogens (tertiary/aromatic N) is 3. The number of rotatable bonds is 5. The van der Waals surface area contributed by atoms with Crippen molar-refractivity contribution in [3.8, 4) is 6.07 Å². The van der Waals surface area contributed by atoms with E-state index in [4.69, 9.17) is 0 Å². The van der Waals surface area contributed by atoms with Crippen LogP contribution in [0.15, 0.2) is 18.2 Å². The van der Waals surface area contributed by atoms with Crippen LogP contribution in [0.5, 0.6) is 0 Å². The van der Waals surface area contributed by atoms with Gasteiger partial charge in [0.15, 0.2) is 0 Å². The van der Waals surface area contributed by atoms with Crippen LogP contribution in [-0.2, 0) is 4.79 Å². The average Bonchev–Trinajstić information content (AvgIpc) is 2.79. The Hall–Kier alpha value is -3.28. The summed E-state index contributed by atoms with van der Waals surface area (Å²) < 4.78 is 0. The van der Waals surface area contributed by atoms with Crippen molar-refractivity contribution in [3.63, 3.8) is 0 Å². The minimum absolute atomic E-state index is 0.112. The van der Waals surface area contributed by atoms with Crippen molar-refractivity contribution >= 4 is 23.4 Å². The SMILES string of the molecule is CC(C)[C@](C)(C#N)NC(=O)CN1C(=O)c2cccc([N+](=O)[O-])c2C1=O. The number of fused-ring (bicyclic) bond motifs is 1. The first-order valence-electron chi connectivity index (χ1n) is 7.48. The standard InChI is InChI=1S/C16H16N4O5/c1-9(2)16(3,8-17)18-12(21)7-19-14(22)10-5-4-6-11(20(24)25)13(10)15(19)23/h4-6,9H,7H2,1-3H3,(H,18,21)/t16-/m0/s1. The number of carbonyl (C=O) groups excluding carboxylic acids is 3. The zero-order valence-corrected chi connectivity index (χ0v) is 13.9. The third-order valence-corrected chi connectivity index (χ3v) is 4.26. The number of benzene rings is 1. The first-order valence-corrected chi connectivity index (χ1v) is 7.48. The van der Waals surface area contributed by atoms with Crippen molar-refractivity contribution in [3.05, 3.63) is 39.4 Å². The van der Waals surface area contributed by atoms with Crippen LogP contribution in [-0.4, -0.2) is 39.6 Å². The topological polar surface area (TPSA) is 133 Å². The maximum atomic E-state index is 12.4. The van der Waals surface area contributed by atoms with E-state index in [1.54, 1.807) is 13.8 Å². The highest BCUT2D eigenvalue weighted by Gasteiger charge is 2.42. The lowest BCUT2D eigenvalue weighted by molar-refractivity contribution is -0.385. The predicted molar refractivity (Wildman–Crippen MR) is 85.5 cm³/mol. The Balaban J connectivity index is 2.26. The fourth-order valence-corrected chi connectivity index (χ4v) is 2.39. The average molecular weight is 344 g/mol. The second-order valence-electron chi connectivity index (χ2n) is 6.17. The van der Waals surface area contributed by atoms with Gasteiger partial charge in [-0.1, -0.05) is 19.9 Å². The van der Waals surface area contributed by atoms with E-state index in [1.807, 2.05) is 6.07 Å². The molecule has 0 saturated carbocycles. The second-order valence-corrected chi connectivity index (χ2v) is 6.17. The Bertz CT molecular complexity index is 826. The molecule has 0 radical (unpaired) electrons. The van der Waals surface area contributed by atoms with Crippen LogP contribution >= 0.6 is 0 Å². The number of carbonyl (C=O) groups is 3. The van der Waals surface area contributed by atoms with Crippen LogP contribution < -0.4 is 5.32 Å². The molecule has 0 saturated heterocycles. The maximum Gasteiger partial charge on any atom is 0.282 e. The molecular formula is C16H16N4O5. The molecule has 0 aromatic heterocycles. The molecule has 25 heavy (non-hydrogen) atoms. The minimum Gasteiger partial charge on any atom is -0.336 e. The summed E-state index contributed by atoms with van der Waals surface area (Å²) in [4.78, 5) is 47.9. The molecule has 0 spiro atoms. The Labute approximate surface area is 143 Å². The van der Waals surface area contributed by atoms with Crippen molar-refractivity contribution in [2.45, 2.75) is 26.3 Å². The lowest BCUT2D eigenvalue weighted by Crippen LogP contribution is -2.52. The molecule has 130 valence electrons. The molecule has 3 amide bonds. The van der Waals surface area contributed by atoms with Gasteiger partial charge in [-0.15, -0.1) is 0 Å². The van der Waals surface area contributed by atoms with Crippen LogP contribution in [0.4, 0.5) is 5.69 Å². The highest BCUT2D eigenvalue weighted by Crippen LogP contribution is 2.30. The van der Waals surface area contributed by atoms with Crippen LogP contribution in [0.1, 0.15) is 41.5 Å². The molecule has 1 aromatic rings. The third-order valence-electron chi connectivity index (χ3n) is 4.26. The molecule has 0 bridgehead atoms. The highest BCUT2D eigenvalue weighted by molar-refractivity contribution is 6.24. The van der Waals surface area contributed by atoms with Gasteiger partial charge in [-0.25, -0.2) is 0 Å². The van der Waals surface area contributed by atoms with Crippen LogP contribution in [0, 0.1) is 27.4 Å². The van der Waals surface area contributed by atoms with Gasteiger partial charge in [0.05, 0.1) is 16.6 Å². The first-order chi connectivity index (χ1) is 11.6. The fraction of sp³-hybridized carbons (Fsp3) is 0.375. The molecule has 1 aliphatic rings. The monoisotopic (exact) mass is 344 g/mol. The number of nitriles is 1. The molecule has 9 nitrogen and oxygen atoms in total. The smallest absolute Gasteiger partial charge is 0.282 e. The minimum atomic E-state index is -1.16. The summed E-state index contributed by atoms with van der Waals surface area (Å²) in [5.74, 6) is -2.58. The van der Waals surface area contributed by atoms with Gasteiger partial charge in [-0.05, 0) is 18.9 Å². The number of imide groups is 1. The van der Waals surface area contributed by atoms with Crippen molar-refractivity contribution in [1.82, 2.24) is 10.2 Å². The van der Waals surface area contributed by atoms with Gasteiger partial charge in [-0.3, -0.25) is 29.4 Å². The number of amides is 3. The molecule has 1 aromatic carbocycles. The molecule has 2 rings (SSSR count). The molecule has 0 aliphatic carbocycles. The molecule has 0 unspecified atom stereocenters. The van der Waals surface area contributed by atoms with Crippen LogP contribution in [0.25, 0.3) is 0 Å². The zero-order chi connectivity index (χ0) is 18.9. The normalized spacial score (nSPS) is 15.6. The van der Waals surface area contributed by atoms with E-state index in [9.17, 15) is 29.8 Å². The number of hydrogen-bond donors (Lipinski definition) is 1. The van der Waals surface area contributed by atoms with Gasteiger partial charge in [0.2, 0.25) is 5.91 Å². The summed E-state index contributed by atoms with van der Waals surface area (Å²) in [6.45, 7) is 4.40. The quantitative estimate of drug-likeness (QED) is 0.485. The Morgan fingerprint density at radius 3 is 2.56 bits per heavy atom. The number of nitro benzene ring substituents is 1. The van der Waals surface area contributed by atoms with Crippen LogP contribution in [0.2, 0.25) is 0 Å². The molecule has 1 aliphatic heterocycles. The van der Waals surface area contributed by atoms with E-state index in [0.717, 1.165) is 6.07 Å². The summed E-state index contributed by atoms with van der Waals surface area (Å²) in [6.07, 6.45) is 0. The summed E-state index contributed by atoms with van der Waals surface area (Å²) >= 11 is 0. The van der Waals surface area contributed by atoms with Gasteiger partial charge in [-0.2, -0.15) is 5.26 Å². The molecule has 9 heteroatoms. The van der Waals surface area contributed by atoms with Gasteiger partial charge in [0, 0.05) is 6.07 Å². The van der Waals surface area contributed by atoms with E-state index >= 15 is 0 Å². The van der Waals surface area contributed by atoms with Gasteiger partial charge >= 0.3 is 0 Å². The summed E-state index contributed by atoms with van der Waals surface area (Å²) in [6, 6.07) is 5.71. The summed E-state index contributed by atoms with van der Waals surface area (Å²) in [5, 5.41) is 22.8. The van der Waals surface area contributed by atoms with Gasteiger partial charge in [0.1, 0.15) is 17.6 Å². The van der Waals surface area contributed by atoms with E-state index in [1.165, 1.54) is 19.1 Å². The lowest BCUT2D eigenvalue weighted by atomic mass is 9.90. The zero-order valence-electron chi connectivity index (χ0n) is 13.9. The molecule has 1 atom stereocenters. The van der Waals surface area contributed by atoms with Crippen LogP contribution in [0.3, 0.4) is 0 Å². The van der Waals surface area contributed by atoms with E-state index < -0.39 is 40.4 Å². The fourth-order valence-electron chi connectivity index (χ4n) is 2.39. The summed E-state index contributed by atoms with van der Waals surface area (Å²) in [7, 11) is 0. The Morgan fingerprint density at radius 1 is 1.40 bits per heavy atom. The maximum absolute atomic E-state index is 12.4. The van der Waals surface area contributed by atoms with E-state index in [0.29, 0.717) is 4.90 Å². The highest BCUT2D eigenvalue weighted by atomic mass is 16.6. The molecule has 0 fully saturated rings. The van der Waals surface area contributed by atoms with E-state index in [-0.39, 0.29) is 17.0 Å². The molecule has 1 N–H and O–H groups in total. The first kappa shape index (κ1) is 18.1. The number of nitro groups is 1. The van der Waals surface area contributed by atoms with Crippen molar-refractivity contribution in [1.29, 1.82) is 5.26 Å². The number of nitrogens with one attached hydrogen (secondary N) is 1. The molecule has 1 heterocycles. The lowest BCUT2D eigenvalue weighted by Gasteiger charge is -2.28. The molecular weight excluding hydrogens is 328 g/mol. The second kappa shape index (κ2) is 6.32. The van der Waals surface area contributed by atoms with E-state index in [2.05, 4.69) is 5.32 Å². The van der Waals surface area contributed by atoms with Crippen molar-refractivity contribution in [2.75, 3.05) is 6.54 Å². The van der Waals surface area contributed by atoms with Gasteiger partial charge < -0.3 is 5.32 Å². The Morgan fingerprint density at radius 2 is 2.04 bits per heavy atom. The summed E-state index contributed by atoms with van der Waals surface area (Å²) in [5.41, 5.74) is -2.08. The number of hydrogen-bond acceptors (Lipinski definition) is 6. The third kappa shape index (κ3) is 3.06. The van der Waals surface area contributed by atoms with Crippen molar-refractivity contribution < 1.29 is 19.3 Å². The predicted octanol–water partition coefficient (Wildman–Crippen LogP) is 1.25.